The standard InChI is InChI=1S/C14H15ClN2O3/c15-11-3-1-10(2-4-14(19)20)12(9-11)17-7-5-13(18)16-6-8-17/h1-4,9H,5-8H2,(H,16,18)(H,19,20)/b4-2+. The molecule has 0 spiro atoms. The number of benzene rings is 1. The van der Waals surface area contributed by atoms with Gasteiger partial charge in [0.1, 0.15) is 0 Å². The summed E-state index contributed by atoms with van der Waals surface area (Å²) in [6.07, 6.45) is 3.04. The molecule has 106 valence electrons. The van der Waals surface area contributed by atoms with Crippen molar-refractivity contribution in [2.45, 2.75) is 6.42 Å². The van der Waals surface area contributed by atoms with E-state index in [9.17, 15) is 9.59 Å². The lowest BCUT2D eigenvalue weighted by Gasteiger charge is -2.24. The van der Waals surface area contributed by atoms with Gasteiger partial charge < -0.3 is 15.3 Å². The molecule has 1 amide bonds. The van der Waals surface area contributed by atoms with Crippen LogP contribution in [0.1, 0.15) is 12.0 Å². The fraction of sp³-hybridized carbons (Fsp3) is 0.286. The van der Waals surface area contributed by atoms with Gasteiger partial charge in [0.05, 0.1) is 0 Å². The molecule has 0 radical (unpaired) electrons. The second kappa shape index (κ2) is 6.43. The van der Waals surface area contributed by atoms with Crippen molar-refractivity contribution in [3.05, 3.63) is 34.9 Å². The Morgan fingerprint density at radius 1 is 1.40 bits per heavy atom. The third-order valence-corrected chi connectivity index (χ3v) is 3.29. The number of nitrogens with one attached hydrogen (secondary N) is 1. The van der Waals surface area contributed by atoms with Gasteiger partial charge in [0.25, 0.3) is 0 Å². The van der Waals surface area contributed by atoms with Crippen molar-refractivity contribution in [1.29, 1.82) is 0 Å². The van der Waals surface area contributed by atoms with Crippen molar-refractivity contribution in [3.8, 4) is 0 Å². The van der Waals surface area contributed by atoms with E-state index >= 15 is 0 Å². The molecule has 1 saturated heterocycles. The van der Waals surface area contributed by atoms with Crippen molar-refractivity contribution in [3.63, 3.8) is 0 Å². The van der Waals surface area contributed by atoms with Gasteiger partial charge in [0, 0.05) is 42.8 Å². The molecule has 0 aliphatic carbocycles. The molecule has 0 saturated carbocycles. The highest BCUT2D eigenvalue weighted by molar-refractivity contribution is 6.31. The van der Waals surface area contributed by atoms with Crippen molar-refractivity contribution in [2.24, 2.45) is 0 Å². The summed E-state index contributed by atoms with van der Waals surface area (Å²) in [4.78, 5) is 24.0. The summed E-state index contributed by atoms with van der Waals surface area (Å²) < 4.78 is 0. The first-order valence-corrected chi connectivity index (χ1v) is 6.66. The number of hydrogen-bond acceptors (Lipinski definition) is 3. The molecule has 6 heteroatoms. The number of carbonyl (C=O) groups excluding carboxylic acids is 1. The van der Waals surface area contributed by atoms with Crippen LogP contribution in [-0.4, -0.2) is 36.6 Å². The zero-order valence-electron chi connectivity index (χ0n) is 10.8. The molecule has 0 aromatic heterocycles. The van der Waals surface area contributed by atoms with Crippen molar-refractivity contribution < 1.29 is 14.7 Å². The highest BCUT2D eigenvalue weighted by atomic mass is 35.5. The Labute approximate surface area is 121 Å². The van der Waals surface area contributed by atoms with Gasteiger partial charge in [-0.2, -0.15) is 0 Å². The third kappa shape index (κ3) is 3.74. The van der Waals surface area contributed by atoms with Crippen LogP contribution < -0.4 is 10.2 Å². The van der Waals surface area contributed by atoms with Crippen molar-refractivity contribution in [1.82, 2.24) is 5.32 Å². The molecule has 0 unspecified atom stereocenters. The minimum Gasteiger partial charge on any atom is -0.478 e. The Hall–Kier alpha value is -2.01. The summed E-state index contributed by atoms with van der Waals surface area (Å²) in [6.45, 7) is 1.81. The van der Waals surface area contributed by atoms with E-state index in [1.807, 2.05) is 4.90 Å². The minimum absolute atomic E-state index is 0.0251. The van der Waals surface area contributed by atoms with Crippen molar-refractivity contribution >= 4 is 35.2 Å². The first-order valence-electron chi connectivity index (χ1n) is 6.28. The maximum atomic E-state index is 11.4. The molecule has 1 heterocycles. The second-order valence-corrected chi connectivity index (χ2v) is 4.90. The van der Waals surface area contributed by atoms with Gasteiger partial charge in [0.2, 0.25) is 5.91 Å². The number of anilines is 1. The number of amides is 1. The van der Waals surface area contributed by atoms with Gasteiger partial charge in [-0.15, -0.1) is 0 Å². The van der Waals surface area contributed by atoms with Gasteiger partial charge in [-0.05, 0) is 23.8 Å². The zero-order valence-corrected chi connectivity index (χ0v) is 11.6. The molecular formula is C14H15ClN2O3. The van der Waals surface area contributed by atoms with E-state index in [0.717, 1.165) is 17.3 Å². The largest absolute Gasteiger partial charge is 0.478 e. The van der Waals surface area contributed by atoms with Crippen LogP contribution in [0.15, 0.2) is 24.3 Å². The maximum Gasteiger partial charge on any atom is 0.328 e. The quantitative estimate of drug-likeness (QED) is 0.834. The van der Waals surface area contributed by atoms with Crippen LogP contribution in [0.4, 0.5) is 5.69 Å². The summed E-state index contributed by atoms with van der Waals surface area (Å²) in [7, 11) is 0. The van der Waals surface area contributed by atoms with Crippen LogP contribution in [-0.2, 0) is 9.59 Å². The van der Waals surface area contributed by atoms with Gasteiger partial charge in [-0.1, -0.05) is 17.7 Å². The number of aliphatic carboxylic acids is 1. The molecule has 1 aliphatic rings. The number of hydrogen-bond donors (Lipinski definition) is 2. The molecule has 20 heavy (non-hydrogen) atoms. The van der Waals surface area contributed by atoms with Crippen molar-refractivity contribution in [2.75, 3.05) is 24.5 Å². The van der Waals surface area contributed by atoms with Gasteiger partial charge in [0.15, 0.2) is 0 Å². The van der Waals surface area contributed by atoms with E-state index in [0.29, 0.717) is 31.1 Å². The number of nitrogens with zero attached hydrogens (tertiary/aromatic N) is 1. The summed E-state index contributed by atoms with van der Waals surface area (Å²) in [5.74, 6) is -0.976. The SMILES string of the molecule is O=C(O)/C=C/c1ccc(Cl)cc1N1CCNC(=O)CC1. The highest BCUT2D eigenvalue weighted by Gasteiger charge is 2.16. The van der Waals surface area contributed by atoms with Gasteiger partial charge >= 0.3 is 5.97 Å². The number of rotatable bonds is 3. The van der Waals surface area contributed by atoms with Gasteiger partial charge in [-0.25, -0.2) is 4.79 Å². The topological polar surface area (TPSA) is 69.6 Å². The van der Waals surface area contributed by atoms with Crippen LogP contribution >= 0.6 is 11.6 Å². The van der Waals surface area contributed by atoms with Crippen LogP contribution in [0.5, 0.6) is 0 Å². The Balaban J connectivity index is 2.30. The van der Waals surface area contributed by atoms with E-state index in [-0.39, 0.29) is 5.91 Å². The summed E-state index contributed by atoms with van der Waals surface area (Å²) >= 11 is 6.02. The van der Waals surface area contributed by atoms with E-state index in [4.69, 9.17) is 16.7 Å². The molecule has 2 N–H and O–H groups in total. The van der Waals surface area contributed by atoms with Crippen LogP contribution in [0.2, 0.25) is 5.02 Å². The smallest absolute Gasteiger partial charge is 0.328 e. The third-order valence-electron chi connectivity index (χ3n) is 3.05. The van der Waals surface area contributed by atoms with Gasteiger partial charge in [-0.3, -0.25) is 4.79 Å². The average Bonchev–Trinajstić information content (AvgIpc) is 2.62. The second-order valence-electron chi connectivity index (χ2n) is 4.46. The van der Waals surface area contributed by atoms with E-state index in [2.05, 4.69) is 5.32 Å². The Bertz CT molecular complexity index is 557. The van der Waals surface area contributed by atoms with E-state index in [1.165, 1.54) is 6.08 Å². The fourth-order valence-electron chi connectivity index (χ4n) is 2.10. The van der Waals surface area contributed by atoms with Crippen LogP contribution in [0, 0.1) is 0 Å². The summed E-state index contributed by atoms with van der Waals surface area (Å²) in [5, 5.41) is 12.1. The number of halogens is 1. The van der Waals surface area contributed by atoms with Crippen LogP contribution in [0.25, 0.3) is 6.08 Å². The van der Waals surface area contributed by atoms with Crippen LogP contribution in [0.3, 0.4) is 0 Å². The molecule has 1 aromatic carbocycles. The summed E-state index contributed by atoms with van der Waals surface area (Å²) in [5.41, 5.74) is 1.61. The predicted molar refractivity (Wildman–Crippen MR) is 78.0 cm³/mol. The monoisotopic (exact) mass is 294 g/mol. The first-order chi connectivity index (χ1) is 9.56. The lowest BCUT2D eigenvalue weighted by atomic mass is 10.1. The normalized spacial score (nSPS) is 16.1. The van der Waals surface area contributed by atoms with E-state index < -0.39 is 5.97 Å². The first kappa shape index (κ1) is 14.4. The number of carbonyl (C=O) groups is 2. The molecule has 0 atom stereocenters. The minimum atomic E-state index is -1.00. The highest BCUT2D eigenvalue weighted by Crippen LogP contribution is 2.26. The maximum absolute atomic E-state index is 11.4. The Morgan fingerprint density at radius 2 is 2.20 bits per heavy atom. The lowest BCUT2D eigenvalue weighted by Crippen LogP contribution is -2.28. The predicted octanol–water partition coefficient (Wildman–Crippen LogP) is 1.76. The molecule has 1 fully saturated rings. The Kier molecular flexibility index (Phi) is 4.63. The zero-order chi connectivity index (χ0) is 14.5. The lowest BCUT2D eigenvalue weighted by molar-refractivity contribution is -0.131. The molecule has 0 bridgehead atoms. The number of carboxylic acids is 1. The summed E-state index contributed by atoms with van der Waals surface area (Å²) in [6, 6.07) is 5.28. The Morgan fingerprint density at radius 3 is 2.95 bits per heavy atom. The van der Waals surface area contributed by atoms with E-state index in [1.54, 1.807) is 18.2 Å². The number of carboxylic acid groups (broad SMARTS) is 1. The fourth-order valence-corrected chi connectivity index (χ4v) is 2.27. The molecular weight excluding hydrogens is 280 g/mol. The molecule has 1 aliphatic heterocycles. The molecule has 2 rings (SSSR count). The average molecular weight is 295 g/mol. The molecule has 5 nitrogen and oxygen atoms in total. The molecule has 1 aromatic rings.